The molecule has 0 bridgehead atoms. The van der Waals surface area contributed by atoms with E-state index in [0.717, 1.165) is 6.54 Å². The van der Waals surface area contributed by atoms with Crippen molar-refractivity contribution in [2.24, 2.45) is 10.7 Å². The van der Waals surface area contributed by atoms with E-state index in [1.54, 1.807) is 6.08 Å². The van der Waals surface area contributed by atoms with Gasteiger partial charge in [-0.2, -0.15) is 0 Å². The summed E-state index contributed by atoms with van der Waals surface area (Å²) in [6.07, 6.45) is 1.70. The lowest BCUT2D eigenvalue weighted by molar-refractivity contribution is 0.943. The van der Waals surface area contributed by atoms with Crippen LogP contribution >= 0.6 is 0 Å². The number of hydrogen-bond donors (Lipinski definition) is 2. The molecule has 0 saturated carbocycles. The molecule has 0 aliphatic heterocycles. The third kappa shape index (κ3) is 4.87. The monoisotopic (exact) mass is 127 g/mol. The quantitative estimate of drug-likeness (QED) is 0.321. The summed E-state index contributed by atoms with van der Waals surface area (Å²) in [6.45, 7) is 6.87. The zero-order chi connectivity index (χ0) is 7.11. The third-order valence-corrected chi connectivity index (χ3v) is 0.749. The highest BCUT2D eigenvalue weighted by Crippen LogP contribution is 1.68. The van der Waals surface area contributed by atoms with Gasteiger partial charge in [0.2, 0.25) is 0 Å². The Kier molecular flexibility index (Phi) is 4.59. The maximum atomic E-state index is 5.36. The van der Waals surface area contributed by atoms with Gasteiger partial charge in [-0.25, -0.2) is 4.99 Å². The van der Waals surface area contributed by atoms with Gasteiger partial charge in [0, 0.05) is 6.54 Å². The number of nitrogens with two attached hydrogens (primary N) is 1. The molecule has 52 valence electrons. The molecule has 0 aliphatic carbocycles. The first-order valence-electron chi connectivity index (χ1n) is 2.96. The lowest BCUT2D eigenvalue weighted by Gasteiger charge is -1.98. The smallest absolute Gasteiger partial charge is 0.188 e. The van der Waals surface area contributed by atoms with Crippen molar-refractivity contribution in [3.63, 3.8) is 0 Å². The largest absolute Gasteiger partial charge is 0.370 e. The molecule has 0 saturated heterocycles. The maximum absolute atomic E-state index is 5.36. The molecule has 3 heteroatoms. The molecule has 0 fully saturated rings. The van der Waals surface area contributed by atoms with Gasteiger partial charge in [-0.05, 0) is 6.92 Å². The Hall–Kier alpha value is -0.990. The van der Waals surface area contributed by atoms with Crippen LogP contribution in [0, 0.1) is 0 Å². The molecule has 3 N–H and O–H groups in total. The molecular weight excluding hydrogens is 114 g/mol. The average Bonchev–Trinajstić information content (AvgIpc) is 1.85. The summed E-state index contributed by atoms with van der Waals surface area (Å²) < 4.78 is 0. The van der Waals surface area contributed by atoms with Crippen LogP contribution in [0.3, 0.4) is 0 Å². The lowest BCUT2D eigenvalue weighted by atomic mass is 10.6. The number of guanidine groups is 1. The van der Waals surface area contributed by atoms with Crippen LogP contribution in [0.25, 0.3) is 0 Å². The molecule has 0 aromatic rings. The van der Waals surface area contributed by atoms with Crippen LogP contribution in [0.2, 0.25) is 0 Å². The van der Waals surface area contributed by atoms with Gasteiger partial charge < -0.3 is 11.1 Å². The van der Waals surface area contributed by atoms with Crippen LogP contribution < -0.4 is 11.1 Å². The number of rotatable bonds is 3. The highest BCUT2D eigenvalue weighted by atomic mass is 15.1. The maximum Gasteiger partial charge on any atom is 0.188 e. The summed E-state index contributed by atoms with van der Waals surface area (Å²) in [5, 5.41) is 2.86. The second-order valence-electron chi connectivity index (χ2n) is 1.54. The summed E-state index contributed by atoms with van der Waals surface area (Å²) in [5.41, 5.74) is 5.36. The Morgan fingerprint density at radius 1 is 1.89 bits per heavy atom. The van der Waals surface area contributed by atoms with Crippen LogP contribution in [0.1, 0.15) is 6.92 Å². The van der Waals surface area contributed by atoms with Gasteiger partial charge in [-0.1, -0.05) is 6.08 Å². The minimum absolute atomic E-state index is 0.484. The Labute approximate surface area is 55.7 Å². The number of hydrogen-bond acceptors (Lipinski definition) is 1. The topological polar surface area (TPSA) is 50.4 Å². The number of aliphatic imine (C=N–C) groups is 1. The van der Waals surface area contributed by atoms with E-state index in [4.69, 9.17) is 5.73 Å². The Bertz CT molecular complexity index is 107. The summed E-state index contributed by atoms with van der Waals surface area (Å²) in [6, 6.07) is 0. The molecule has 0 aromatic heterocycles. The summed E-state index contributed by atoms with van der Waals surface area (Å²) >= 11 is 0. The number of nitrogens with zero attached hydrogens (tertiary/aromatic N) is 1. The van der Waals surface area contributed by atoms with E-state index in [-0.39, 0.29) is 0 Å². The predicted octanol–water partition coefficient (Wildman–Crippen LogP) is 0.0966. The molecule has 0 atom stereocenters. The van der Waals surface area contributed by atoms with E-state index in [9.17, 15) is 0 Å². The molecule has 0 amide bonds. The second-order valence-corrected chi connectivity index (χ2v) is 1.54. The van der Waals surface area contributed by atoms with E-state index < -0.39 is 0 Å². The molecule has 0 radical (unpaired) electrons. The van der Waals surface area contributed by atoms with E-state index in [1.165, 1.54) is 0 Å². The molecule has 0 unspecified atom stereocenters. The highest BCUT2D eigenvalue weighted by Gasteiger charge is 1.81. The van der Waals surface area contributed by atoms with Gasteiger partial charge in [0.1, 0.15) is 0 Å². The number of nitrogens with one attached hydrogen (secondary N) is 1. The first-order valence-corrected chi connectivity index (χ1v) is 2.96. The summed E-state index contributed by atoms with van der Waals surface area (Å²) in [5.74, 6) is 0.484. The Balaban J connectivity index is 3.42. The molecule has 0 heterocycles. The second kappa shape index (κ2) is 5.15. The third-order valence-electron chi connectivity index (χ3n) is 0.749. The van der Waals surface area contributed by atoms with Crippen LogP contribution in [-0.4, -0.2) is 19.0 Å². The van der Waals surface area contributed by atoms with Crippen molar-refractivity contribution in [3.8, 4) is 0 Å². The molecule has 9 heavy (non-hydrogen) atoms. The molecule has 0 aromatic carbocycles. The molecule has 0 spiro atoms. The standard InChI is InChI=1S/C6H13N3/c1-3-5-9-6(7)8-4-2/h3H,1,4-5H2,2H3,(H3,7,8,9). The van der Waals surface area contributed by atoms with Crippen molar-refractivity contribution >= 4 is 5.96 Å². The predicted molar refractivity (Wildman–Crippen MR) is 40.4 cm³/mol. The van der Waals surface area contributed by atoms with E-state index in [1.807, 2.05) is 6.92 Å². The van der Waals surface area contributed by atoms with Crippen molar-refractivity contribution in [1.82, 2.24) is 5.32 Å². The van der Waals surface area contributed by atoms with E-state index in [0.29, 0.717) is 12.5 Å². The van der Waals surface area contributed by atoms with E-state index >= 15 is 0 Å². The summed E-state index contributed by atoms with van der Waals surface area (Å²) in [7, 11) is 0. The minimum Gasteiger partial charge on any atom is -0.370 e. The zero-order valence-electron chi connectivity index (χ0n) is 5.72. The zero-order valence-corrected chi connectivity index (χ0v) is 5.72. The molecular formula is C6H13N3. The van der Waals surface area contributed by atoms with Gasteiger partial charge >= 0.3 is 0 Å². The van der Waals surface area contributed by atoms with Crippen molar-refractivity contribution in [1.29, 1.82) is 0 Å². The SMILES string of the molecule is C=CCN=C(N)NCC. The molecule has 0 rings (SSSR count). The van der Waals surface area contributed by atoms with Crippen LogP contribution in [-0.2, 0) is 0 Å². The fourth-order valence-electron chi connectivity index (χ4n) is 0.400. The van der Waals surface area contributed by atoms with Gasteiger partial charge in [0.15, 0.2) is 5.96 Å². The Morgan fingerprint density at radius 2 is 2.56 bits per heavy atom. The fourth-order valence-corrected chi connectivity index (χ4v) is 0.400. The first-order chi connectivity index (χ1) is 4.31. The highest BCUT2D eigenvalue weighted by molar-refractivity contribution is 5.77. The first kappa shape index (κ1) is 8.01. The van der Waals surface area contributed by atoms with Crippen molar-refractivity contribution in [2.45, 2.75) is 6.92 Å². The lowest BCUT2D eigenvalue weighted by Crippen LogP contribution is -2.31. The van der Waals surface area contributed by atoms with Crippen molar-refractivity contribution in [2.75, 3.05) is 13.1 Å². The minimum atomic E-state index is 0.484. The fraction of sp³-hybridized carbons (Fsp3) is 0.500. The van der Waals surface area contributed by atoms with Crippen LogP contribution in [0.15, 0.2) is 17.6 Å². The molecule has 3 nitrogen and oxygen atoms in total. The van der Waals surface area contributed by atoms with Crippen LogP contribution in [0.5, 0.6) is 0 Å². The average molecular weight is 127 g/mol. The molecule has 0 aliphatic rings. The summed E-state index contributed by atoms with van der Waals surface area (Å²) in [4.78, 5) is 3.90. The van der Waals surface area contributed by atoms with Crippen LogP contribution in [0.4, 0.5) is 0 Å². The van der Waals surface area contributed by atoms with E-state index in [2.05, 4.69) is 16.9 Å². The van der Waals surface area contributed by atoms with Gasteiger partial charge in [0.25, 0.3) is 0 Å². The van der Waals surface area contributed by atoms with Gasteiger partial charge in [-0.15, -0.1) is 6.58 Å². The van der Waals surface area contributed by atoms with Gasteiger partial charge in [0.05, 0.1) is 6.54 Å². The normalized spacial score (nSPS) is 11.0. The van der Waals surface area contributed by atoms with Crippen molar-refractivity contribution in [3.05, 3.63) is 12.7 Å². The Morgan fingerprint density at radius 3 is 3.00 bits per heavy atom. The van der Waals surface area contributed by atoms with Gasteiger partial charge in [-0.3, -0.25) is 0 Å². The van der Waals surface area contributed by atoms with Crippen molar-refractivity contribution < 1.29 is 0 Å².